The Bertz CT molecular complexity index is 372. The number of benzene rings is 1. The van der Waals surface area contributed by atoms with Crippen LogP contribution in [0.4, 0.5) is 4.39 Å². The Morgan fingerprint density at radius 2 is 2.00 bits per heavy atom. The van der Waals surface area contributed by atoms with Gasteiger partial charge in [0.15, 0.2) is 0 Å². The molecular formula is C12H13FN2. The molecule has 1 aliphatic rings. The van der Waals surface area contributed by atoms with Crippen LogP contribution in [-0.2, 0) is 5.54 Å². The molecule has 78 valence electrons. The van der Waals surface area contributed by atoms with Crippen molar-refractivity contribution < 1.29 is 4.39 Å². The lowest BCUT2D eigenvalue weighted by molar-refractivity contribution is 0.330. The van der Waals surface area contributed by atoms with E-state index >= 15 is 0 Å². The number of nitrogens with zero attached hydrogens (tertiary/aromatic N) is 1. The quantitative estimate of drug-likeness (QED) is 0.762. The van der Waals surface area contributed by atoms with Crippen LogP contribution >= 0.6 is 0 Å². The van der Waals surface area contributed by atoms with Gasteiger partial charge in [-0.3, -0.25) is 5.32 Å². The molecular weight excluding hydrogens is 191 g/mol. The number of rotatable bonds is 1. The molecule has 1 saturated heterocycles. The molecule has 0 radical (unpaired) electrons. The molecule has 15 heavy (non-hydrogen) atoms. The second kappa shape index (κ2) is 4.00. The van der Waals surface area contributed by atoms with Crippen molar-refractivity contribution in [3.05, 3.63) is 35.6 Å². The van der Waals surface area contributed by atoms with Crippen molar-refractivity contribution in [2.75, 3.05) is 6.54 Å². The highest BCUT2D eigenvalue weighted by Gasteiger charge is 2.33. The van der Waals surface area contributed by atoms with Crippen molar-refractivity contribution >= 4 is 0 Å². The van der Waals surface area contributed by atoms with Crippen molar-refractivity contribution in [2.24, 2.45) is 0 Å². The fraction of sp³-hybridized carbons (Fsp3) is 0.417. The average molecular weight is 204 g/mol. The highest BCUT2D eigenvalue weighted by molar-refractivity contribution is 5.32. The van der Waals surface area contributed by atoms with Gasteiger partial charge >= 0.3 is 0 Å². The Balaban J connectivity index is 2.33. The maximum Gasteiger partial charge on any atom is 0.132 e. The summed E-state index contributed by atoms with van der Waals surface area (Å²) < 4.78 is 12.8. The molecule has 2 rings (SSSR count). The fourth-order valence-electron chi connectivity index (χ4n) is 2.05. The summed E-state index contributed by atoms with van der Waals surface area (Å²) in [5.41, 5.74) is 0.262. The van der Waals surface area contributed by atoms with Crippen molar-refractivity contribution in [2.45, 2.75) is 24.8 Å². The van der Waals surface area contributed by atoms with Crippen LogP contribution in [0.15, 0.2) is 24.3 Å². The van der Waals surface area contributed by atoms with Crippen LogP contribution in [0.1, 0.15) is 24.8 Å². The smallest absolute Gasteiger partial charge is 0.132 e. The second-order valence-electron chi connectivity index (χ2n) is 3.91. The molecule has 1 aromatic carbocycles. The Labute approximate surface area is 88.7 Å². The number of halogens is 1. The molecule has 0 aromatic heterocycles. The minimum atomic E-state index is -0.605. The average Bonchev–Trinajstić information content (AvgIpc) is 2.31. The zero-order chi connectivity index (χ0) is 10.7. The van der Waals surface area contributed by atoms with Gasteiger partial charge in [0, 0.05) is 0 Å². The van der Waals surface area contributed by atoms with E-state index in [1.54, 1.807) is 12.1 Å². The number of piperidine rings is 1. The molecule has 2 nitrogen and oxygen atoms in total. The van der Waals surface area contributed by atoms with Gasteiger partial charge in [-0.2, -0.15) is 5.26 Å². The van der Waals surface area contributed by atoms with E-state index in [1.165, 1.54) is 12.1 Å². The van der Waals surface area contributed by atoms with Gasteiger partial charge in [0.25, 0.3) is 0 Å². The molecule has 1 aliphatic heterocycles. The third kappa shape index (κ3) is 1.86. The molecule has 3 heteroatoms. The molecule has 1 heterocycles. The van der Waals surface area contributed by atoms with E-state index in [-0.39, 0.29) is 5.82 Å². The molecule has 0 amide bonds. The fourth-order valence-corrected chi connectivity index (χ4v) is 2.05. The van der Waals surface area contributed by atoms with Crippen molar-refractivity contribution in [1.82, 2.24) is 5.32 Å². The number of nitrogens with one attached hydrogen (secondary N) is 1. The summed E-state index contributed by atoms with van der Waals surface area (Å²) in [6.07, 6.45) is 2.94. The number of nitriles is 1. The summed E-state index contributed by atoms with van der Waals surface area (Å²) in [4.78, 5) is 0. The molecule has 1 atom stereocenters. The summed E-state index contributed by atoms with van der Waals surface area (Å²) in [5.74, 6) is -0.261. The van der Waals surface area contributed by atoms with Gasteiger partial charge in [0.2, 0.25) is 0 Å². The lowest BCUT2D eigenvalue weighted by Crippen LogP contribution is -2.44. The summed E-state index contributed by atoms with van der Waals surface area (Å²) in [5, 5.41) is 12.5. The second-order valence-corrected chi connectivity index (χ2v) is 3.91. The van der Waals surface area contributed by atoms with Crippen LogP contribution in [-0.4, -0.2) is 6.54 Å². The Kier molecular flexibility index (Phi) is 2.70. The van der Waals surface area contributed by atoms with Crippen LogP contribution in [0, 0.1) is 17.1 Å². The molecule has 0 saturated carbocycles. The minimum absolute atomic E-state index is 0.261. The van der Waals surface area contributed by atoms with E-state index in [9.17, 15) is 9.65 Å². The van der Waals surface area contributed by atoms with E-state index in [4.69, 9.17) is 0 Å². The Morgan fingerprint density at radius 1 is 1.27 bits per heavy atom. The van der Waals surface area contributed by atoms with E-state index in [2.05, 4.69) is 11.4 Å². The molecule has 1 N–H and O–H groups in total. The predicted molar refractivity (Wildman–Crippen MR) is 55.5 cm³/mol. The highest BCUT2D eigenvalue weighted by Crippen LogP contribution is 2.29. The van der Waals surface area contributed by atoms with E-state index in [0.717, 1.165) is 31.4 Å². The van der Waals surface area contributed by atoms with Crippen molar-refractivity contribution in [1.29, 1.82) is 5.26 Å². The van der Waals surface area contributed by atoms with Gasteiger partial charge in [0.1, 0.15) is 11.4 Å². The zero-order valence-electron chi connectivity index (χ0n) is 8.46. The van der Waals surface area contributed by atoms with Crippen LogP contribution < -0.4 is 5.32 Å². The zero-order valence-corrected chi connectivity index (χ0v) is 8.46. The standard InChI is InChI=1S/C12H13FN2/c13-11-5-3-10(4-6-11)12(9-14)7-1-2-8-15-12/h3-6,15H,1-2,7-8H2. The normalized spacial score (nSPS) is 25.9. The van der Waals surface area contributed by atoms with Crippen LogP contribution in [0.2, 0.25) is 0 Å². The van der Waals surface area contributed by atoms with Crippen LogP contribution in [0.5, 0.6) is 0 Å². The third-order valence-corrected chi connectivity index (χ3v) is 2.93. The van der Waals surface area contributed by atoms with Gasteiger partial charge in [0.05, 0.1) is 6.07 Å². The van der Waals surface area contributed by atoms with E-state index in [0.29, 0.717) is 0 Å². The monoisotopic (exact) mass is 204 g/mol. The van der Waals surface area contributed by atoms with Crippen LogP contribution in [0.25, 0.3) is 0 Å². The first kappa shape index (κ1) is 10.1. The maximum atomic E-state index is 12.8. The van der Waals surface area contributed by atoms with Gasteiger partial charge in [-0.15, -0.1) is 0 Å². The largest absolute Gasteiger partial charge is 0.296 e. The number of hydrogen-bond donors (Lipinski definition) is 1. The molecule has 1 unspecified atom stereocenters. The summed E-state index contributed by atoms with van der Waals surface area (Å²) in [6, 6.07) is 8.52. The lowest BCUT2D eigenvalue weighted by atomic mass is 9.83. The minimum Gasteiger partial charge on any atom is -0.296 e. The SMILES string of the molecule is N#CC1(c2ccc(F)cc2)CCCCN1. The lowest BCUT2D eigenvalue weighted by Gasteiger charge is -2.32. The third-order valence-electron chi connectivity index (χ3n) is 2.93. The van der Waals surface area contributed by atoms with Gasteiger partial charge in [-0.25, -0.2) is 4.39 Å². The first-order valence-electron chi connectivity index (χ1n) is 5.19. The topological polar surface area (TPSA) is 35.8 Å². The van der Waals surface area contributed by atoms with Crippen LogP contribution in [0.3, 0.4) is 0 Å². The Morgan fingerprint density at radius 3 is 2.53 bits per heavy atom. The first-order chi connectivity index (χ1) is 7.27. The number of hydrogen-bond acceptors (Lipinski definition) is 2. The van der Waals surface area contributed by atoms with Gasteiger partial charge in [-0.05, 0) is 43.5 Å². The summed E-state index contributed by atoms with van der Waals surface area (Å²) in [6.45, 7) is 0.852. The predicted octanol–water partition coefficient (Wildman–Crippen LogP) is 2.32. The Hall–Kier alpha value is -1.40. The first-order valence-corrected chi connectivity index (χ1v) is 5.19. The molecule has 1 fully saturated rings. The van der Waals surface area contributed by atoms with E-state index < -0.39 is 5.54 Å². The van der Waals surface area contributed by atoms with Gasteiger partial charge < -0.3 is 0 Å². The maximum absolute atomic E-state index is 12.8. The molecule has 0 spiro atoms. The summed E-state index contributed by atoms with van der Waals surface area (Å²) in [7, 11) is 0. The molecule has 0 bridgehead atoms. The van der Waals surface area contributed by atoms with E-state index in [1.807, 2.05) is 0 Å². The highest BCUT2D eigenvalue weighted by atomic mass is 19.1. The summed E-state index contributed by atoms with van der Waals surface area (Å²) >= 11 is 0. The molecule has 1 aromatic rings. The molecule has 0 aliphatic carbocycles. The van der Waals surface area contributed by atoms with Gasteiger partial charge in [-0.1, -0.05) is 12.1 Å². The van der Waals surface area contributed by atoms with Crippen molar-refractivity contribution in [3.63, 3.8) is 0 Å². The van der Waals surface area contributed by atoms with Crippen molar-refractivity contribution in [3.8, 4) is 6.07 Å².